The number of carbonyl (C=O) groups is 1. The van der Waals surface area contributed by atoms with Gasteiger partial charge in [-0.05, 0) is 26.0 Å². The van der Waals surface area contributed by atoms with Gasteiger partial charge in [0.15, 0.2) is 0 Å². The molecule has 7 heteroatoms. The third-order valence-corrected chi connectivity index (χ3v) is 5.10. The van der Waals surface area contributed by atoms with Crippen molar-refractivity contribution in [1.82, 2.24) is 14.9 Å². The van der Waals surface area contributed by atoms with Gasteiger partial charge < -0.3 is 10.2 Å². The van der Waals surface area contributed by atoms with Crippen LogP contribution < -0.4 is 10.0 Å². The van der Waals surface area contributed by atoms with Gasteiger partial charge in [0.2, 0.25) is 15.9 Å². The predicted octanol–water partition coefficient (Wildman–Crippen LogP) is 0.174. The second kappa shape index (κ2) is 6.55. The number of rotatable bonds is 4. The van der Waals surface area contributed by atoms with Crippen LogP contribution in [0.3, 0.4) is 0 Å². The molecule has 0 spiro atoms. The van der Waals surface area contributed by atoms with Gasteiger partial charge in [-0.25, -0.2) is 8.42 Å². The molecule has 21 heavy (non-hydrogen) atoms. The molecule has 6 nitrogen and oxygen atoms in total. The third-order valence-electron chi connectivity index (χ3n) is 3.54. The largest absolute Gasteiger partial charge is 0.336 e. The number of piperazine rings is 1. The third kappa shape index (κ3) is 3.81. The first-order valence-corrected chi connectivity index (χ1v) is 8.48. The van der Waals surface area contributed by atoms with E-state index >= 15 is 0 Å². The Hall–Kier alpha value is -1.44. The lowest BCUT2D eigenvalue weighted by molar-refractivity contribution is -0.135. The van der Waals surface area contributed by atoms with Gasteiger partial charge in [-0.3, -0.25) is 4.79 Å². The van der Waals surface area contributed by atoms with Crippen molar-refractivity contribution in [2.45, 2.75) is 30.8 Å². The molecule has 116 valence electrons. The molecule has 0 saturated carbocycles. The Labute approximate surface area is 125 Å². The van der Waals surface area contributed by atoms with E-state index in [2.05, 4.69) is 10.0 Å². The van der Waals surface area contributed by atoms with Crippen LogP contribution in [0.1, 0.15) is 13.8 Å². The van der Waals surface area contributed by atoms with Crippen molar-refractivity contribution < 1.29 is 13.2 Å². The van der Waals surface area contributed by atoms with Gasteiger partial charge in [0.05, 0.1) is 10.9 Å². The summed E-state index contributed by atoms with van der Waals surface area (Å²) in [5, 5.41) is 3.20. The number of nitrogens with zero attached hydrogens (tertiary/aromatic N) is 1. The number of hydrogen-bond donors (Lipinski definition) is 2. The molecule has 0 bridgehead atoms. The van der Waals surface area contributed by atoms with Crippen LogP contribution in [0.25, 0.3) is 0 Å². The number of carbonyl (C=O) groups excluding carboxylic acids is 1. The Bertz CT molecular complexity index is 589. The fraction of sp³-hybridized carbons (Fsp3) is 0.500. The molecule has 1 fully saturated rings. The minimum absolute atomic E-state index is 0.0647. The minimum atomic E-state index is -3.67. The summed E-state index contributed by atoms with van der Waals surface area (Å²) in [6.07, 6.45) is 0. The van der Waals surface area contributed by atoms with Crippen LogP contribution in [0.4, 0.5) is 0 Å². The Morgan fingerprint density at radius 2 is 2.05 bits per heavy atom. The van der Waals surface area contributed by atoms with Crippen LogP contribution in [0.15, 0.2) is 35.2 Å². The van der Waals surface area contributed by atoms with Crippen molar-refractivity contribution in [3.63, 3.8) is 0 Å². The number of benzene rings is 1. The molecule has 1 heterocycles. The Morgan fingerprint density at radius 1 is 1.38 bits per heavy atom. The highest BCUT2D eigenvalue weighted by atomic mass is 32.2. The van der Waals surface area contributed by atoms with Gasteiger partial charge in [-0.15, -0.1) is 0 Å². The maximum atomic E-state index is 12.4. The molecule has 2 N–H and O–H groups in total. The highest BCUT2D eigenvalue weighted by molar-refractivity contribution is 7.89. The van der Waals surface area contributed by atoms with E-state index in [4.69, 9.17) is 0 Å². The lowest BCUT2D eigenvalue weighted by Crippen LogP contribution is -2.57. The Kier molecular flexibility index (Phi) is 4.97. The molecule has 1 amide bonds. The maximum Gasteiger partial charge on any atom is 0.241 e. The molecule has 1 aromatic carbocycles. The molecule has 0 aromatic heterocycles. The lowest BCUT2D eigenvalue weighted by atomic mass is 10.2. The SMILES string of the molecule is CC(NS(=O)(=O)c1ccccc1)C(=O)N1CCNC[C@H]1C. The van der Waals surface area contributed by atoms with Crippen LogP contribution in [0.5, 0.6) is 0 Å². The zero-order chi connectivity index (χ0) is 15.5. The van der Waals surface area contributed by atoms with Gasteiger partial charge in [0, 0.05) is 25.7 Å². The molecule has 0 aliphatic carbocycles. The standard InChI is InChI=1S/C14H21N3O3S/c1-11-10-15-8-9-17(11)14(18)12(2)16-21(19,20)13-6-4-3-5-7-13/h3-7,11-12,15-16H,8-10H2,1-2H3/t11-,12?/m1/s1. The van der Waals surface area contributed by atoms with E-state index in [1.807, 2.05) is 6.92 Å². The summed E-state index contributed by atoms with van der Waals surface area (Å²) in [7, 11) is -3.67. The molecule has 0 radical (unpaired) electrons. The average molecular weight is 311 g/mol. The van der Waals surface area contributed by atoms with Gasteiger partial charge in [-0.2, -0.15) is 4.72 Å². The smallest absolute Gasteiger partial charge is 0.241 e. The second-order valence-corrected chi connectivity index (χ2v) is 6.95. The van der Waals surface area contributed by atoms with Crippen molar-refractivity contribution in [2.75, 3.05) is 19.6 Å². The van der Waals surface area contributed by atoms with Crippen molar-refractivity contribution in [1.29, 1.82) is 0 Å². The molecule has 2 atom stereocenters. The molecular formula is C14H21N3O3S. The molecule has 1 aliphatic rings. The highest BCUT2D eigenvalue weighted by Crippen LogP contribution is 2.10. The maximum absolute atomic E-state index is 12.4. The summed E-state index contributed by atoms with van der Waals surface area (Å²) in [6, 6.07) is 7.35. The number of sulfonamides is 1. The van der Waals surface area contributed by atoms with Crippen molar-refractivity contribution in [3.8, 4) is 0 Å². The fourth-order valence-corrected chi connectivity index (χ4v) is 3.59. The first-order valence-electron chi connectivity index (χ1n) is 7.00. The van der Waals surface area contributed by atoms with Crippen LogP contribution >= 0.6 is 0 Å². The van der Waals surface area contributed by atoms with Crippen molar-refractivity contribution in [2.24, 2.45) is 0 Å². The van der Waals surface area contributed by atoms with Crippen LogP contribution in [0.2, 0.25) is 0 Å². The van der Waals surface area contributed by atoms with E-state index in [1.165, 1.54) is 12.1 Å². The topological polar surface area (TPSA) is 78.5 Å². The summed E-state index contributed by atoms with van der Waals surface area (Å²) >= 11 is 0. The predicted molar refractivity (Wildman–Crippen MR) is 80.3 cm³/mol. The van der Waals surface area contributed by atoms with Crippen molar-refractivity contribution in [3.05, 3.63) is 30.3 Å². The Balaban J connectivity index is 2.07. The van der Waals surface area contributed by atoms with Crippen LogP contribution in [0, 0.1) is 0 Å². The van der Waals surface area contributed by atoms with E-state index in [1.54, 1.807) is 30.0 Å². The summed E-state index contributed by atoms with van der Waals surface area (Å²) in [5.41, 5.74) is 0. The summed E-state index contributed by atoms with van der Waals surface area (Å²) < 4.78 is 26.9. The first kappa shape index (κ1) is 15.9. The quantitative estimate of drug-likeness (QED) is 0.831. The van der Waals surface area contributed by atoms with E-state index < -0.39 is 16.1 Å². The minimum Gasteiger partial charge on any atom is -0.336 e. The molecule has 2 rings (SSSR count). The summed E-state index contributed by atoms with van der Waals surface area (Å²) in [4.78, 5) is 14.3. The number of nitrogens with one attached hydrogen (secondary N) is 2. The highest BCUT2D eigenvalue weighted by Gasteiger charge is 2.29. The number of hydrogen-bond acceptors (Lipinski definition) is 4. The molecule has 1 aromatic rings. The molecule has 1 saturated heterocycles. The first-order chi connectivity index (χ1) is 9.92. The summed E-state index contributed by atoms with van der Waals surface area (Å²) in [5.74, 6) is -0.191. The average Bonchev–Trinajstić information content (AvgIpc) is 2.47. The lowest BCUT2D eigenvalue weighted by Gasteiger charge is -2.35. The van der Waals surface area contributed by atoms with Gasteiger partial charge >= 0.3 is 0 Å². The monoisotopic (exact) mass is 311 g/mol. The zero-order valence-corrected chi connectivity index (χ0v) is 13.1. The fourth-order valence-electron chi connectivity index (χ4n) is 2.37. The van der Waals surface area contributed by atoms with E-state index in [-0.39, 0.29) is 16.8 Å². The van der Waals surface area contributed by atoms with E-state index in [0.717, 1.165) is 13.1 Å². The van der Waals surface area contributed by atoms with Gasteiger partial charge in [0.25, 0.3) is 0 Å². The van der Waals surface area contributed by atoms with Gasteiger partial charge in [-0.1, -0.05) is 18.2 Å². The zero-order valence-electron chi connectivity index (χ0n) is 12.2. The van der Waals surface area contributed by atoms with Crippen LogP contribution in [-0.2, 0) is 14.8 Å². The summed E-state index contributed by atoms with van der Waals surface area (Å²) in [6.45, 7) is 5.58. The van der Waals surface area contributed by atoms with Crippen molar-refractivity contribution >= 4 is 15.9 Å². The number of amides is 1. The van der Waals surface area contributed by atoms with E-state index in [0.29, 0.717) is 6.54 Å². The van der Waals surface area contributed by atoms with Crippen LogP contribution in [-0.4, -0.2) is 50.9 Å². The Morgan fingerprint density at radius 3 is 2.67 bits per heavy atom. The second-order valence-electron chi connectivity index (χ2n) is 5.24. The molecule has 1 unspecified atom stereocenters. The normalized spacial score (nSPS) is 21.0. The van der Waals surface area contributed by atoms with E-state index in [9.17, 15) is 13.2 Å². The molecule has 1 aliphatic heterocycles. The van der Waals surface area contributed by atoms with Gasteiger partial charge in [0.1, 0.15) is 0 Å². The molecular weight excluding hydrogens is 290 g/mol.